The van der Waals surface area contributed by atoms with Crippen LogP contribution < -0.4 is 10.6 Å². The Hall–Kier alpha value is -1.52. The molecule has 164 valence electrons. The van der Waals surface area contributed by atoms with Crippen molar-refractivity contribution >= 4 is 35.8 Å². The number of halogens is 4. The minimum absolute atomic E-state index is 0. The van der Waals surface area contributed by atoms with Crippen LogP contribution in [0, 0.1) is 0 Å². The molecule has 0 aromatic heterocycles. The number of guanidine groups is 1. The molecule has 1 aromatic rings. The lowest BCUT2D eigenvalue weighted by atomic mass is 9.88. The summed E-state index contributed by atoms with van der Waals surface area (Å²) in [7, 11) is 3.32. The SMILES string of the molecule is CN(C)C(=O)CN=C(NCCCCC(F)(F)F)NC1CCc2ccccc2C1.I. The highest BCUT2D eigenvalue weighted by atomic mass is 127. The van der Waals surface area contributed by atoms with Gasteiger partial charge in [-0.05, 0) is 43.2 Å². The Labute approximate surface area is 187 Å². The summed E-state index contributed by atoms with van der Waals surface area (Å²) in [5, 5.41) is 6.42. The van der Waals surface area contributed by atoms with Crippen molar-refractivity contribution in [2.45, 2.75) is 50.7 Å². The Balaban J connectivity index is 0.00000420. The molecule has 0 spiro atoms. The van der Waals surface area contributed by atoms with Crippen LogP contribution in [0.25, 0.3) is 0 Å². The molecule has 1 atom stereocenters. The first-order valence-electron chi connectivity index (χ1n) is 9.63. The first-order chi connectivity index (χ1) is 13.2. The molecule has 1 unspecified atom stereocenters. The van der Waals surface area contributed by atoms with Gasteiger partial charge in [0.1, 0.15) is 6.54 Å². The molecule has 29 heavy (non-hydrogen) atoms. The summed E-state index contributed by atoms with van der Waals surface area (Å²) >= 11 is 0. The van der Waals surface area contributed by atoms with Gasteiger partial charge in [0.2, 0.25) is 5.91 Å². The van der Waals surface area contributed by atoms with Crippen LogP contribution in [0.3, 0.4) is 0 Å². The van der Waals surface area contributed by atoms with Crippen LogP contribution in [0.1, 0.15) is 36.8 Å². The molecule has 2 rings (SSSR count). The zero-order valence-corrected chi connectivity index (χ0v) is 19.2. The molecular formula is C20H30F3IN4O. The lowest BCUT2D eigenvalue weighted by Gasteiger charge is -2.27. The number of aliphatic imine (C=N–C) groups is 1. The maximum absolute atomic E-state index is 12.3. The second kappa shape index (κ2) is 12.2. The van der Waals surface area contributed by atoms with Crippen molar-refractivity contribution in [3.05, 3.63) is 35.4 Å². The number of rotatable bonds is 7. The van der Waals surface area contributed by atoms with E-state index in [1.54, 1.807) is 14.1 Å². The minimum atomic E-state index is -4.12. The molecule has 1 aliphatic rings. The number of hydrogen-bond donors (Lipinski definition) is 2. The highest BCUT2D eigenvalue weighted by Gasteiger charge is 2.25. The fourth-order valence-corrected chi connectivity index (χ4v) is 3.11. The third kappa shape index (κ3) is 9.68. The van der Waals surface area contributed by atoms with Crippen LogP contribution in [0.2, 0.25) is 0 Å². The average Bonchev–Trinajstić information content (AvgIpc) is 2.64. The Kier molecular flexibility index (Phi) is 10.8. The number of carbonyl (C=O) groups is 1. The number of benzene rings is 1. The summed E-state index contributed by atoms with van der Waals surface area (Å²) in [5.41, 5.74) is 2.64. The molecule has 1 amide bonds. The molecule has 0 saturated heterocycles. The van der Waals surface area contributed by atoms with Crippen molar-refractivity contribution in [2.24, 2.45) is 4.99 Å². The Morgan fingerprint density at radius 2 is 1.90 bits per heavy atom. The Bertz CT molecular complexity index is 680. The summed E-state index contributed by atoms with van der Waals surface area (Å²) in [6, 6.07) is 8.47. The van der Waals surface area contributed by atoms with E-state index in [1.807, 2.05) is 12.1 Å². The van der Waals surface area contributed by atoms with Gasteiger partial charge in [-0.1, -0.05) is 24.3 Å². The summed E-state index contributed by atoms with van der Waals surface area (Å²) in [6.07, 6.45) is -1.70. The van der Waals surface area contributed by atoms with Crippen molar-refractivity contribution < 1.29 is 18.0 Å². The largest absolute Gasteiger partial charge is 0.389 e. The summed E-state index contributed by atoms with van der Waals surface area (Å²) in [5.74, 6) is 0.346. The standard InChI is InChI=1S/C20H29F3N4O.HI/c1-27(2)18(28)14-25-19(24-12-6-5-11-20(21,22)23)26-17-10-9-15-7-3-4-8-16(15)13-17;/h3-4,7-8,17H,5-6,9-14H2,1-2H3,(H2,24,25,26);1H. The van der Waals surface area contributed by atoms with Gasteiger partial charge in [0, 0.05) is 33.1 Å². The maximum atomic E-state index is 12.3. The molecule has 0 bridgehead atoms. The van der Waals surface area contributed by atoms with Gasteiger partial charge in [-0.2, -0.15) is 13.2 Å². The van der Waals surface area contributed by atoms with Gasteiger partial charge >= 0.3 is 6.18 Å². The van der Waals surface area contributed by atoms with Crippen LogP contribution in [0.5, 0.6) is 0 Å². The number of nitrogens with zero attached hydrogens (tertiary/aromatic N) is 2. The van der Waals surface area contributed by atoms with Crippen LogP contribution in [0.4, 0.5) is 13.2 Å². The molecular weight excluding hydrogens is 496 g/mol. The number of hydrogen-bond acceptors (Lipinski definition) is 2. The number of unbranched alkanes of at least 4 members (excludes halogenated alkanes) is 1. The maximum Gasteiger partial charge on any atom is 0.389 e. The molecule has 2 N–H and O–H groups in total. The van der Waals surface area contributed by atoms with E-state index >= 15 is 0 Å². The zero-order valence-electron chi connectivity index (χ0n) is 16.9. The average molecular weight is 526 g/mol. The second-order valence-electron chi connectivity index (χ2n) is 7.30. The monoisotopic (exact) mass is 526 g/mol. The zero-order chi connectivity index (χ0) is 20.6. The third-order valence-electron chi connectivity index (χ3n) is 4.74. The van der Waals surface area contributed by atoms with Crippen LogP contribution >= 0.6 is 24.0 Å². The van der Waals surface area contributed by atoms with E-state index in [1.165, 1.54) is 16.0 Å². The van der Waals surface area contributed by atoms with Crippen molar-refractivity contribution in [3.8, 4) is 0 Å². The predicted octanol–water partition coefficient (Wildman–Crippen LogP) is 3.52. The van der Waals surface area contributed by atoms with Gasteiger partial charge in [-0.3, -0.25) is 4.79 Å². The second-order valence-corrected chi connectivity index (χ2v) is 7.30. The van der Waals surface area contributed by atoms with Crippen LogP contribution in [-0.2, 0) is 17.6 Å². The van der Waals surface area contributed by atoms with Gasteiger partial charge in [0.25, 0.3) is 0 Å². The highest BCUT2D eigenvalue weighted by Crippen LogP contribution is 2.22. The molecule has 1 aromatic carbocycles. The minimum Gasteiger partial charge on any atom is -0.356 e. The molecule has 0 fully saturated rings. The topological polar surface area (TPSA) is 56.7 Å². The normalized spacial score (nSPS) is 16.4. The summed E-state index contributed by atoms with van der Waals surface area (Å²) in [6.45, 7) is 0.371. The third-order valence-corrected chi connectivity index (χ3v) is 4.74. The van der Waals surface area contributed by atoms with E-state index in [-0.39, 0.29) is 48.9 Å². The van der Waals surface area contributed by atoms with Crippen molar-refractivity contribution in [1.82, 2.24) is 15.5 Å². The quantitative estimate of drug-likeness (QED) is 0.248. The number of aryl methyl sites for hydroxylation is 1. The first-order valence-corrected chi connectivity index (χ1v) is 9.63. The number of carbonyl (C=O) groups excluding carboxylic acids is 1. The van der Waals surface area contributed by atoms with Crippen molar-refractivity contribution in [2.75, 3.05) is 27.2 Å². The fraction of sp³-hybridized carbons (Fsp3) is 0.600. The highest BCUT2D eigenvalue weighted by molar-refractivity contribution is 14.0. The Morgan fingerprint density at radius 3 is 2.55 bits per heavy atom. The number of nitrogens with one attached hydrogen (secondary N) is 2. The van der Waals surface area contributed by atoms with E-state index in [0.717, 1.165) is 19.3 Å². The van der Waals surface area contributed by atoms with E-state index in [2.05, 4.69) is 27.8 Å². The van der Waals surface area contributed by atoms with Crippen molar-refractivity contribution in [3.63, 3.8) is 0 Å². The van der Waals surface area contributed by atoms with E-state index < -0.39 is 12.6 Å². The van der Waals surface area contributed by atoms with Gasteiger partial charge < -0.3 is 15.5 Å². The van der Waals surface area contributed by atoms with Crippen LogP contribution in [0.15, 0.2) is 29.3 Å². The van der Waals surface area contributed by atoms with Gasteiger partial charge in [0.15, 0.2) is 5.96 Å². The van der Waals surface area contributed by atoms with Crippen LogP contribution in [-0.4, -0.2) is 56.2 Å². The number of likely N-dealkylation sites (N-methyl/N-ethyl adjacent to an activating group) is 1. The number of amides is 1. The predicted molar refractivity (Wildman–Crippen MR) is 120 cm³/mol. The summed E-state index contributed by atoms with van der Waals surface area (Å²) < 4.78 is 36.8. The number of fused-ring (bicyclic) bond motifs is 1. The van der Waals surface area contributed by atoms with E-state index in [9.17, 15) is 18.0 Å². The molecule has 0 radical (unpaired) electrons. The smallest absolute Gasteiger partial charge is 0.356 e. The molecule has 5 nitrogen and oxygen atoms in total. The molecule has 9 heteroatoms. The fourth-order valence-electron chi connectivity index (χ4n) is 3.11. The van der Waals surface area contributed by atoms with E-state index in [0.29, 0.717) is 18.9 Å². The summed E-state index contributed by atoms with van der Waals surface area (Å²) in [4.78, 5) is 17.6. The molecule has 1 aliphatic carbocycles. The number of alkyl halides is 3. The van der Waals surface area contributed by atoms with Gasteiger partial charge in [0.05, 0.1) is 0 Å². The Morgan fingerprint density at radius 1 is 1.21 bits per heavy atom. The lowest BCUT2D eigenvalue weighted by Crippen LogP contribution is -2.46. The van der Waals surface area contributed by atoms with Gasteiger partial charge in [-0.25, -0.2) is 4.99 Å². The van der Waals surface area contributed by atoms with Gasteiger partial charge in [-0.15, -0.1) is 24.0 Å². The molecule has 0 heterocycles. The molecule has 0 saturated carbocycles. The first kappa shape index (κ1) is 25.5. The molecule has 0 aliphatic heterocycles. The van der Waals surface area contributed by atoms with Crippen molar-refractivity contribution in [1.29, 1.82) is 0 Å². The lowest BCUT2D eigenvalue weighted by molar-refractivity contribution is -0.135. The van der Waals surface area contributed by atoms with E-state index in [4.69, 9.17) is 0 Å².